The minimum Gasteiger partial charge on any atom is -0.456 e. The van der Waals surface area contributed by atoms with Gasteiger partial charge in [-0.2, -0.15) is 0 Å². The molecule has 0 radical (unpaired) electrons. The van der Waals surface area contributed by atoms with E-state index in [0.717, 1.165) is 49.8 Å². The fourth-order valence-corrected chi connectivity index (χ4v) is 8.44. The van der Waals surface area contributed by atoms with Crippen molar-refractivity contribution in [2.24, 2.45) is 0 Å². The lowest BCUT2D eigenvalue weighted by atomic mass is 9.96. The van der Waals surface area contributed by atoms with Gasteiger partial charge in [-0.1, -0.05) is 133 Å². The Morgan fingerprint density at radius 2 is 1.00 bits per heavy atom. The van der Waals surface area contributed by atoms with Gasteiger partial charge in [0.15, 0.2) is 17.5 Å². The molecule has 0 fully saturated rings. The van der Waals surface area contributed by atoms with Gasteiger partial charge in [-0.05, 0) is 59.0 Å². The standard InChI is InChI=1S/C46H29N3OS/c1-28-11-8-17-35-36-18-9-19-38(43(36)51-42(28)35)46-48-44(32-14-6-3-7-15-32)47-45(49-46)33-25-26-37-40(27-33)50-39-20-10-16-34(41(37)39)31-23-21-30(22-24-31)29-12-4-2-5-13-29/h2-27H,1H3. The maximum Gasteiger partial charge on any atom is 0.165 e. The van der Waals surface area contributed by atoms with Gasteiger partial charge in [0, 0.05) is 47.6 Å². The van der Waals surface area contributed by atoms with Crippen molar-refractivity contribution in [3.05, 3.63) is 163 Å². The van der Waals surface area contributed by atoms with Crippen molar-refractivity contribution in [3.8, 4) is 56.4 Å². The largest absolute Gasteiger partial charge is 0.456 e. The van der Waals surface area contributed by atoms with Crippen LogP contribution in [-0.2, 0) is 0 Å². The highest BCUT2D eigenvalue weighted by atomic mass is 32.1. The summed E-state index contributed by atoms with van der Waals surface area (Å²) in [5.74, 6) is 1.89. The molecule has 4 nitrogen and oxygen atoms in total. The lowest BCUT2D eigenvalue weighted by Crippen LogP contribution is -2.00. The number of hydrogen-bond donors (Lipinski definition) is 0. The van der Waals surface area contributed by atoms with Gasteiger partial charge in [-0.25, -0.2) is 15.0 Å². The van der Waals surface area contributed by atoms with E-state index in [2.05, 4.69) is 122 Å². The first-order chi connectivity index (χ1) is 25.2. The van der Waals surface area contributed by atoms with Crippen molar-refractivity contribution >= 4 is 53.4 Å². The molecular formula is C46H29N3OS. The van der Waals surface area contributed by atoms with Crippen LogP contribution in [0.4, 0.5) is 0 Å². The molecule has 0 bridgehead atoms. The SMILES string of the molecule is Cc1cccc2c1sc1c(-c3nc(-c4ccccc4)nc(-c4ccc5c(c4)oc4cccc(-c6ccc(-c7ccccc7)cc6)c45)n3)cccc12. The van der Waals surface area contributed by atoms with E-state index >= 15 is 0 Å². The Hall–Kier alpha value is -6.43. The van der Waals surface area contributed by atoms with Gasteiger partial charge in [0.05, 0.1) is 0 Å². The summed E-state index contributed by atoms with van der Waals surface area (Å²) in [4.78, 5) is 15.2. The zero-order valence-corrected chi connectivity index (χ0v) is 28.5. The molecule has 7 aromatic carbocycles. The molecule has 10 rings (SSSR count). The van der Waals surface area contributed by atoms with Gasteiger partial charge < -0.3 is 4.42 Å². The molecule has 0 amide bonds. The second-order valence-corrected chi connectivity index (χ2v) is 13.9. The Morgan fingerprint density at radius 1 is 0.412 bits per heavy atom. The predicted octanol–water partition coefficient (Wildman–Crippen LogP) is 12.8. The molecule has 0 aliphatic rings. The number of rotatable bonds is 5. The van der Waals surface area contributed by atoms with Crippen molar-refractivity contribution in [3.63, 3.8) is 0 Å². The zero-order valence-electron chi connectivity index (χ0n) is 27.7. The smallest absolute Gasteiger partial charge is 0.165 e. The number of nitrogens with zero attached hydrogens (tertiary/aromatic N) is 3. The molecule has 5 heteroatoms. The molecule has 0 unspecified atom stereocenters. The third-order valence-electron chi connectivity index (χ3n) is 9.69. The van der Waals surface area contributed by atoms with Crippen LogP contribution in [0, 0.1) is 6.92 Å². The molecule has 0 N–H and O–H groups in total. The van der Waals surface area contributed by atoms with E-state index in [1.165, 1.54) is 36.9 Å². The van der Waals surface area contributed by atoms with Gasteiger partial charge in [-0.3, -0.25) is 0 Å². The highest BCUT2D eigenvalue weighted by Gasteiger charge is 2.19. The lowest BCUT2D eigenvalue weighted by molar-refractivity contribution is 0.669. The fraction of sp³-hybridized carbons (Fsp3) is 0.0217. The molecule has 0 aliphatic heterocycles. The summed E-state index contributed by atoms with van der Waals surface area (Å²) in [7, 11) is 0. The molecule has 0 spiro atoms. The number of fused-ring (bicyclic) bond motifs is 6. The first-order valence-electron chi connectivity index (χ1n) is 17.0. The van der Waals surface area contributed by atoms with Gasteiger partial charge in [0.2, 0.25) is 0 Å². The number of thiophene rings is 1. The Bertz CT molecular complexity index is 2910. The molecule has 10 aromatic rings. The second kappa shape index (κ2) is 11.9. The summed E-state index contributed by atoms with van der Waals surface area (Å²) in [6.45, 7) is 2.17. The summed E-state index contributed by atoms with van der Waals surface area (Å²) >= 11 is 1.80. The summed E-state index contributed by atoms with van der Waals surface area (Å²) in [6, 6.07) is 54.9. The molecular weight excluding hydrogens is 643 g/mol. The van der Waals surface area contributed by atoms with Crippen molar-refractivity contribution in [1.82, 2.24) is 15.0 Å². The van der Waals surface area contributed by atoms with Crippen LogP contribution in [0.3, 0.4) is 0 Å². The van der Waals surface area contributed by atoms with Crippen LogP contribution in [0.1, 0.15) is 5.56 Å². The van der Waals surface area contributed by atoms with Crippen LogP contribution in [0.25, 0.3) is 98.5 Å². The minimum absolute atomic E-state index is 0.604. The van der Waals surface area contributed by atoms with Crippen molar-refractivity contribution in [2.75, 3.05) is 0 Å². The lowest BCUT2D eigenvalue weighted by Gasteiger charge is -2.09. The van der Waals surface area contributed by atoms with Crippen molar-refractivity contribution < 1.29 is 4.42 Å². The third-order valence-corrected chi connectivity index (χ3v) is 11.1. The normalized spacial score (nSPS) is 11.6. The monoisotopic (exact) mass is 671 g/mol. The van der Waals surface area contributed by atoms with Crippen LogP contribution in [0.5, 0.6) is 0 Å². The summed E-state index contributed by atoms with van der Waals surface area (Å²) < 4.78 is 9.00. The molecule has 0 aliphatic carbocycles. The van der Waals surface area contributed by atoms with Crippen LogP contribution in [0.2, 0.25) is 0 Å². The maximum absolute atomic E-state index is 6.53. The van der Waals surface area contributed by atoms with Crippen LogP contribution in [0.15, 0.2) is 162 Å². The van der Waals surface area contributed by atoms with E-state index in [1.54, 1.807) is 11.3 Å². The Balaban J connectivity index is 1.12. The molecule has 0 saturated heterocycles. The maximum atomic E-state index is 6.53. The average molecular weight is 672 g/mol. The van der Waals surface area contributed by atoms with Gasteiger partial charge in [0.1, 0.15) is 11.2 Å². The van der Waals surface area contributed by atoms with Gasteiger partial charge in [-0.15, -0.1) is 11.3 Å². The number of benzene rings is 7. The molecule has 0 atom stereocenters. The average Bonchev–Trinajstić information content (AvgIpc) is 3.78. The molecule has 240 valence electrons. The fourth-order valence-electron chi connectivity index (χ4n) is 7.16. The summed E-state index contributed by atoms with van der Waals surface area (Å²) in [5.41, 5.74) is 10.4. The van der Waals surface area contributed by atoms with Crippen molar-refractivity contribution in [2.45, 2.75) is 6.92 Å². The Labute approximate surface area is 298 Å². The van der Waals surface area contributed by atoms with E-state index in [1.807, 2.05) is 42.5 Å². The van der Waals surface area contributed by atoms with E-state index in [4.69, 9.17) is 19.4 Å². The van der Waals surface area contributed by atoms with E-state index < -0.39 is 0 Å². The van der Waals surface area contributed by atoms with E-state index in [9.17, 15) is 0 Å². The summed E-state index contributed by atoms with van der Waals surface area (Å²) in [6.07, 6.45) is 0. The van der Waals surface area contributed by atoms with Crippen molar-refractivity contribution in [1.29, 1.82) is 0 Å². The number of aryl methyl sites for hydroxylation is 1. The second-order valence-electron chi connectivity index (χ2n) is 12.8. The zero-order chi connectivity index (χ0) is 33.9. The van der Waals surface area contributed by atoms with E-state index in [0.29, 0.717) is 17.5 Å². The van der Waals surface area contributed by atoms with Gasteiger partial charge in [0.25, 0.3) is 0 Å². The predicted molar refractivity (Wildman–Crippen MR) is 212 cm³/mol. The number of aromatic nitrogens is 3. The summed E-state index contributed by atoms with van der Waals surface area (Å²) in [5, 5.41) is 4.63. The number of furan rings is 1. The highest BCUT2D eigenvalue weighted by molar-refractivity contribution is 7.26. The third kappa shape index (κ3) is 5.01. The van der Waals surface area contributed by atoms with Crippen LogP contribution >= 0.6 is 11.3 Å². The first-order valence-corrected chi connectivity index (χ1v) is 17.8. The Morgan fingerprint density at radius 3 is 1.78 bits per heavy atom. The highest BCUT2D eigenvalue weighted by Crippen LogP contribution is 2.42. The number of hydrogen-bond acceptors (Lipinski definition) is 5. The quantitative estimate of drug-likeness (QED) is 0.183. The Kier molecular flexibility index (Phi) is 6.86. The van der Waals surface area contributed by atoms with E-state index in [-0.39, 0.29) is 0 Å². The topological polar surface area (TPSA) is 51.8 Å². The minimum atomic E-state index is 0.604. The molecule has 3 heterocycles. The molecule has 3 aromatic heterocycles. The molecule has 51 heavy (non-hydrogen) atoms. The van der Waals surface area contributed by atoms with Crippen LogP contribution in [-0.4, -0.2) is 15.0 Å². The molecule has 0 saturated carbocycles. The first kappa shape index (κ1) is 29.5. The van der Waals surface area contributed by atoms with Gasteiger partial charge >= 0.3 is 0 Å². The van der Waals surface area contributed by atoms with Crippen LogP contribution < -0.4 is 0 Å².